The van der Waals surface area contributed by atoms with Gasteiger partial charge in [0.1, 0.15) is 39.9 Å². The summed E-state index contributed by atoms with van der Waals surface area (Å²) < 4.78 is 19.5. The monoisotopic (exact) mass is 507 g/mol. The van der Waals surface area contributed by atoms with Crippen LogP contribution < -0.4 is 15.4 Å². The van der Waals surface area contributed by atoms with E-state index < -0.39 is 0 Å². The van der Waals surface area contributed by atoms with E-state index in [4.69, 9.17) is 20.4 Å². The maximum atomic E-state index is 14.2. The van der Waals surface area contributed by atoms with Crippen LogP contribution in [-0.2, 0) is 0 Å². The first-order valence-electron chi connectivity index (χ1n) is 12.1. The molecule has 1 saturated heterocycles. The summed E-state index contributed by atoms with van der Waals surface area (Å²) in [6.45, 7) is 1.52. The second kappa shape index (κ2) is 8.60. The summed E-state index contributed by atoms with van der Waals surface area (Å²) in [6, 6.07) is 12.4. The second-order valence-corrected chi connectivity index (χ2v) is 9.28. The molecule has 5 aromatic heterocycles. The van der Waals surface area contributed by atoms with Gasteiger partial charge in [-0.25, -0.2) is 19.3 Å². The van der Waals surface area contributed by atoms with Crippen molar-refractivity contribution >= 4 is 27.9 Å². The molecule has 0 spiro atoms. The minimum absolute atomic E-state index is 0.165. The fourth-order valence-electron chi connectivity index (χ4n) is 4.80. The Hall–Kier alpha value is -4.90. The fourth-order valence-corrected chi connectivity index (χ4v) is 4.80. The van der Waals surface area contributed by atoms with Crippen LogP contribution in [0.2, 0.25) is 0 Å². The molecule has 0 aliphatic carbocycles. The average Bonchev–Trinajstić information content (AvgIpc) is 3.54. The predicted octanol–water partition coefficient (Wildman–Crippen LogP) is 3.92. The maximum Gasteiger partial charge on any atom is 0.147 e. The van der Waals surface area contributed by atoms with Crippen LogP contribution in [0.5, 0.6) is 5.75 Å². The van der Waals surface area contributed by atoms with Crippen LogP contribution >= 0.6 is 0 Å². The van der Waals surface area contributed by atoms with Crippen LogP contribution in [0.25, 0.3) is 56.0 Å². The minimum Gasteiger partial charge on any atom is -0.497 e. The Morgan fingerprint density at radius 1 is 1.05 bits per heavy atom. The molecule has 0 amide bonds. The normalized spacial score (nSPS) is 13.8. The first-order chi connectivity index (χ1) is 18.6. The summed E-state index contributed by atoms with van der Waals surface area (Å²) in [5.41, 5.74) is 12.3. The summed E-state index contributed by atoms with van der Waals surface area (Å²) in [7, 11) is 1.52. The third-order valence-electron chi connectivity index (χ3n) is 6.73. The highest BCUT2D eigenvalue weighted by atomic mass is 19.1. The number of hydrogen-bond donors (Lipinski definition) is 3. The first-order valence-corrected chi connectivity index (χ1v) is 12.1. The molecule has 1 aliphatic rings. The van der Waals surface area contributed by atoms with Crippen molar-refractivity contribution in [2.45, 2.75) is 6.04 Å². The molecule has 1 fully saturated rings. The average molecular weight is 508 g/mol. The van der Waals surface area contributed by atoms with Crippen molar-refractivity contribution in [2.24, 2.45) is 5.73 Å². The van der Waals surface area contributed by atoms with Crippen molar-refractivity contribution in [1.29, 1.82) is 0 Å². The summed E-state index contributed by atoms with van der Waals surface area (Å²) >= 11 is 0. The number of H-pyrrole nitrogens is 2. The van der Waals surface area contributed by atoms with E-state index in [0.717, 1.165) is 41.1 Å². The quantitative estimate of drug-likeness (QED) is 0.320. The summed E-state index contributed by atoms with van der Waals surface area (Å²) in [5, 5.41) is 8.41. The molecule has 1 aromatic carbocycles. The molecule has 0 unspecified atom stereocenters. The highest BCUT2D eigenvalue weighted by Crippen LogP contribution is 2.35. The molecule has 0 atom stereocenters. The highest BCUT2D eigenvalue weighted by Gasteiger charge is 2.25. The summed E-state index contributed by atoms with van der Waals surface area (Å²) in [5.74, 6) is 0.848. The number of aromatic nitrogens is 7. The number of benzene rings is 1. The molecule has 0 saturated carbocycles. The van der Waals surface area contributed by atoms with Crippen molar-refractivity contribution in [1.82, 2.24) is 35.1 Å². The number of pyridine rings is 2. The standard InChI is InChI=1S/C27H22FN9O/c1-38-17-7-14(6-15(28)8-17)18-4-5-31-27-19(18)9-22(34-27)26-25-21(35-36-26)3-2-20(33-25)23-10-30-11-24(32-23)37-12-16(29)13-37/h2-11,16H,12-13,29H2,1H3,(H,31,34)(H,35,36). The van der Waals surface area contributed by atoms with Gasteiger partial charge in [0.2, 0.25) is 0 Å². The third kappa shape index (κ3) is 3.71. The van der Waals surface area contributed by atoms with Crippen molar-refractivity contribution in [3.8, 4) is 39.7 Å². The number of nitrogens with two attached hydrogens (primary N) is 1. The van der Waals surface area contributed by atoms with Gasteiger partial charge in [-0.1, -0.05) is 0 Å². The number of halogens is 1. The summed E-state index contributed by atoms with van der Waals surface area (Å²) in [6.07, 6.45) is 5.12. The third-order valence-corrected chi connectivity index (χ3v) is 6.73. The Balaban J connectivity index is 1.30. The van der Waals surface area contributed by atoms with Crippen molar-refractivity contribution in [2.75, 3.05) is 25.1 Å². The zero-order chi connectivity index (χ0) is 25.8. The molecule has 6 aromatic rings. The van der Waals surface area contributed by atoms with E-state index in [1.165, 1.54) is 19.2 Å². The van der Waals surface area contributed by atoms with Gasteiger partial charge in [-0.05, 0) is 47.5 Å². The molecule has 4 N–H and O–H groups in total. The SMILES string of the molecule is COc1cc(F)cc(-c2ccnc3[nH]c(-c4n[nH]c5ccc(-c6cncc(N7CC(N)C7)n6)nc45)cc23)c1. The molecule has 1 aliphatic heterocycles. The molecule has 0 radical (unpaired) electrons. The van der Waals surface area contributed by atoms with Crippen LogP contribution in [0, 0.1) is 5.82 Å². The first kappa shape index (κ1) is 22.3. The smallest absolute Gasteiger partial charge is 0.147 e. The Kier molecular flexibility index (Phi) is 5.05. The number of nitrogens with zero attached hydrogens (tertiary/aromatic N) is 6. The van der Waals surface area contributed by atoms with E-state index in [9.17, 15) is 4.39 Å². The molecule has 188 valence electrons. The van der Waals surface area contributed by atoms with Crippen LogP contribution in [-0.4, -0.2) is 61.4 Å². The van der Waals surface area contributed by atoms with Gasteiger partial charge in [-0.15, -0.1) is 0 Å². The number of rotatable bonds is 5. The Bertz CT molecular complexity index is 1820. The van der Waals surface area contributed by atoms with Crippen LogP contribution in [0.1, 0.15) is 0 Å². The van der Waals surface area contributed by atoms with Gasteiger partial charge < -0.3 is 20.4 Å². The lowest BCUT2D eigenvalue weighted by Crippen LogP contribution is -2.56. The number of nitrogens with one attached hydrogen (secondary N) is 2. The zero-order valence-electron chi connectivity index (χ0n) is 20.3. The zero-order valence-corrected chi connectivity index (χ0v) is 20.3. The van der Waals surface area contributed by atoms with E-state index in [-0.39, 0.29) is 11.9 Å². The molecule has 10 nitrogen and oxygen atoms in total. The molecule has 0 bridgehead atoms. The van der Waals surface area contributed by atoms with E-state index in [2.05, 4.69) is 30.0 Å². The molecule has 6 heterocycles. The highest BCUT2D eigenvalue weighted by molar-refractivity contribution is 5.99. The molecular weight excluding hydrogens is 485 g/mol. The maximum absolute atomic E-state index is 14.2. The van der Waals surface area contributed by atoms with Crippen molar-refractivity contribution in [3.63, 3.8) is 0 Å². The van der Waals surface area contributed by atoms with Crippen LogP contribution in [0.3, 0.4) is 0 Å². The lowest BCUT2D eigenvalue weighted by Gasteiger charge is -2.37. The van der Waals surface area contributed by atoms with Gasteiger partial charge in [0.25, 0.3) is 0 Å². The largest absolute Gasteiger partial charge is 0.497 e. The van der Waals surface area contributed by atoms with Crippen LogP contribution in [0.4, 0.5) is 10.2 Å². The van der Waals surface area contributed by atoms with Gasteiger partial charge >= 0.3 is 0 Å². The van der Waals surface area contributed by atoms with Crippen molar-refractivity contribution < 1.29 is 9.13 Å². The lowest BCUT2D eigenvalue weighted by molar-refractivity contribution is 0.411. The van der Waals surface area contributed by atoms with E-state index >= 15 is 0 Å². The Morgan fingerprint density at radius 3 is 2.79 bits per heavy atom. The topological polar surface area (TPSA) is 135 Å². The molecule has 38 heavy (non-hydrogen) atoms. The number of anilines is 1. The van der Waals surface area contributed by atoms with E-state index in [1.54, 1.807) is 24.7 Å². The molecular formula is C27H22FN9O. The minimum atomic E-state index is -0.376. The number of ether oxygens (including phenoxy) is 1. The van der Waals surface area contributed by atoms with Gasteiger partial charge in [-0.3, -0.25) is 10.1 Å². The molecule has 11 heteroatoms. The number of methoxy groups -OCH3 is 1. The van der Waals surface area contributed by atoms with E-state index in [0.29, 0.717) is 39.6 Å². The van der Waals surface area contributed by atoms with Gasteiger partial charge in [0.05, 0.1) is 36.4 Å². The Labute approximate surface area is 215 Å². The second-order valence-electron chi connectivity index (χ2n) is 9.28. The number of fused-ring (bicyclic) bond motifs is 2. The molecule has 7 rings (SSSR count). The fraction of sp³-hybridized carbons (Fsp3) is 0.148. The van der Waals surface area contributed by atoms with Crippen molar-refractivity contribution in [3.05, 3.63) is 66.9 Å². The lowest BCUT2D eigenvalue weighted by atomic mass is 10.0. The van der Waals surface area contributed by atoms with Crippen LogP contribution in [0.15, 0.2) is 61.1 Å². The van der Waals surface area contributed by atoms with Gasteiger partial charge in [0, 0.05) is 36.8 Å². The summed E-state index contributed by atoms with van der Waals surface area (Å²) in [4.78, 5) is 23.9. The van der Waals surface area contributed by atoms with E-state index in [1.807, 2.05) is 24.3 Å². The van der Waals surface area contributed by atoms with Gasteiger partial charge in [0.15, 0.2) is 0 Å². The number of hydrogen-bond acceptors (Lipinski definition) is 8. The Morgan fingerprint density at radius 2 is 1.95 bits per heavy atom. The number of aromatic amines is 2. The predicted molar refractivity (Wildman–Crippen MR) is 142 cm³/mol. The van der Waals surface area contributed by atoms with Gasteiger partial charge in [-0.2, -0.15) is 5.10 Å².